The number of aromatic nitrogens is 3. The van der Waals surface area contributed by atoms with Crippen molar-refractivity contribution in [2.75, 3.05) is 5.75 Å². The van der Waals surface area contributed by atoms with Gasteiger partial charge in [0.2, 0.25) is 10.0 Å². The van der Waals surface area contributed by atoms with Crippen molar-refractivity contribution in [3.63, 3.8) is 0 Å². The van der Waals surface area contributed by atoms with Crippen LogP contribution in [0.15, 0.2) is 66.7 Å². The van der Waals surface area contributed by atoms with Gasteiger partial charge in [0.05, 0.1) is 11.8 Å². The van der Waals surface area contributed by atoms with Gasteiger partial charge in [0.1, 0.15) is 11.6 Å². The minimum absolute atomic E-state index is 0.0510. The molecule has 9 heteroatoms. The topological polar surface area (TPSA) is 86.1 Å². The molecule has 1 N–H and O–H groups in total. The summed E-state index contributed by atoms with van der Waals surface area (Å²) >= 11 is 0. The molecule has 0 saturated heterocycles. The van der Waals surface area contributed by atoms with E-state index in [1.807, 2.05) is 49.4 Å². The third kappa shape index (κ3) is 5.37. The summed E-state index contributed by atoms with van der Waals surface area (Å²) < 4.78 is 48.9. The van der Waals surface area contributed by atoms with Crippen molar-refractivity contribution in [2.24, 2.45) is 0 Å². The first-order valence-electron chi connectivity index (χ1n) is 10.7. The Morgan fingerprint density at radius 2 is 1.76 bits per heavy atom. The van der Waals surface area contributed by atoms with Crippen molar-refractivity contribution in [3.8, 4) is 11.8 Å². The number of halogens is 1. The molecule has 33 heavy (non-hydrogen) atoms. The molecular weight excluding hydrogens is 443 g/mol. The van der Waals surface area contributed by atoms with Gasteiger partial charge in [-0.2, -0.15) is 0 Å². The average molecular weight is 469 g/mol. The minimum Gasteiger partial charge on any atom is -0.424 e. The number of ether oxygens (including phenoxy) is 1. The van der Waals surface area contributed by atoms with Crippen molar-refractivity contribution in [1.29, 1.82) is 0 Å². The molecule has 0 aliphatic rings. The highest BCUT2D eigenvalue weighted by Gasteiger charge is 2.23. The van der Waals surface area contributed by atoms with Gasteiger partial charge in [-0.1, -0.05) is 47.6 Å². The van der Waals surface area contributed by atoms with Gasteiger partial charge in [-0.05, 0) is 60.9 Å². The molecule has 172 valence electrons. The monoisotopic (exact) mass is 468 g/mol. The molecule has 0 amide bonds. The number of rotatable bonds is 9. The van der Waals surface area contributed by atoms with Crippen molar-refractivity contribution < 1.29 is 17.5 Å². The van der Waals surface area contributed by atoms with E-state index in [1.54, 1.807) is 11.5 Å². The van der Waals surface area contributed by atoms with E-state index >= 15 is 0 Å². The number of fused-ring (bicyclic) bond motifs is 1. The summed E-state index contributed by atoms with van der Waals surface area (Å²) in [6, 6.07) is 19.0. The number of nitrogens with zero attached hydrogens (tertiary/aromatic N) is 3. The normalized spacial score (nSPS) is 12.7. The molecule has 0 fully saturated rings. The van der Waals surface area contributed by atoms with Gasteiger partial charge >= 0.3 is 6.01 Å². The molecule has 0 radical (unpaired) electrons. The SMILES string of the molecule is CCn1c(Oc2ccc(F)cc2)nnc1[C@@H](C)NS(=O)(=O)CCc1cccc2ccccc12. The van der Waals surface area contributed by atoms with E-state index < -0.39 is 16.1 Å². The Morgan fingerprint density at radius 1 is 1.03 bits per heavy atom. The Kier molecular flexibility index (Phi) is 6.71. The number of hydrogen-bond donors (Lipinski definition) is 1. The van der Waals surface area contributed by atoms with Crippen LogP contribution in [0.3, 0.4) is 0 Å². The zero-order valence-corrected chi connectivity index (χ0v) is 19.2. The fourth-order valence-electron chi connectivity index (χ4n) is 3.74. The summed E-state index contributed by atoms with van der Waals surface area (Å²) in [5, 5.41) is 10.3. The Labute approximate surface area is 192 Å². The molecule has 4 rings (SSSR count). The molecule has 0 aliphatic carbocycles. The molecule has 1 atom stereocenters. The lowest BCUT2D eigenvalue weighted by atomic mass is 10.0. The van der Waals surface area contributed by atoms with Gasteiger partial charge in [0.25, 0.3) is 0 Å². The van der Waals surface area contributed by atoms with Crippen LogP contribution in [0.4, 0.5) is 4.39 Å². The third-order valence-electron chi connectivity index (χ3n) is 5.35. The fraction of sp³-hybridized carbons (Fsp3) is 0.250. The highest BCUT2D eigenvalue weighted by atomic mass is 32.2. The Morgan fingerprint density at radius 3 is 2.52 bits per heavy atom. The summed E-state index contributed by atoms with van der Waals surface area (Å²) in [5.74, 6) is 0.424. The van der Waals surface area contributed by atoms with Crippen molar-refractivity contribution in [3.05, 3.63) is 83.9 Å². The lowest BCUT2D eigenvalue weighted by Gasteiger charge is -2.15. The van der Waals surface area contributed by atoms with Crippen molar-refractivity contribution in [1.82, 2.24) is 19.5 Å². The number of nitrogens with one attached hydrogen (secondary N) is 1. The predicted molar refractivity (Wildman–Crippen MR) is 125 cm³/mol. The molecule has 0 aliphatic heterocycles. The van der Waals surface area contributed by atoms with Crippen LogP contribution in [-0.2, 0) is 23.0 Å². The van der Waals surface area contributed by atoms with E-state index in [0.29, 0.717) is 24.5 Å². The lowest BCUT2D eigenvalue weighted by Crippen LogP contribution is -2.31. The second-order valence-corrected chi connectivity index (χ2v) is 9.56. The van der Waals surface area contributed by atoms with E-state index in [2.05, 4.69) is 14.9 Å². The van der Waals surface area contributed by atoms with Gasteiger partial charge in [-0.3, -0.25) is 4.57 Å². The second-order valence-electron chi connectivity index (χ2n) is 7.69. The molecule has 4 aromatic rings. The fourth-order valence-corrected chi connectivity index (χ4v) is 4.99. The first-order chi connectivity index (χ1) is 15.9. The quantitative estimate of drug-likeness (QED) is 0.388. The molecule has 0 unspecified atom stereocenters. The lowest BCUT2D eigenvalue weighted by molar-refractivity contribution is 0.407. The minimum atomic E-state index is -3.59. The zero-order chi connectivity index (χ0) is 23.4. The molecule has 1 heterocycles. The Bertz CT molecular complexity index is 1350. The van der Waals surface area contributed by atoms with Gasteiger partial charge in [0.15, 0.2) is 5.82 Å². The largest absolute Gasteiger partial charge is 0.424 e. The van der Waals surface area contributed by atoms with Crippen LogP contribution >= 0.6 is 0 Å². The predicted octanol–water partition coefficient (Wildman–Crippen LogP) is 4.61. The highest BCUT2D eigenvalue weighted by Crippen LogP contribution is 2.24. The third-order valence-corrected chi connectivity index (χ3v) is 6.80. The first kappa shape index (κ1) is 22.9. The number of sulfonamides is 1. The summed E-state index contributed by atoms with van der Waals surface area (Å²) in [5.41, 5.74) is 0.984. The highest BCUT2D eigenvalue weighted by molar-refractivity contribution is 7.89. The molecule has 0 spiro atoms. The number of aryl methyl sites for hydroxylation is 1. The Balaban J connectivity index is 1.46. The maximum absolute atomic E-state index is 13.1. The van der Waals surface area contributed by atoms with E-state index in [0.717, 1.165) is 16.3 Å². The summed E-state index contributed by atoms with van der Waals surface area (Å²) in [6.07, 6.45) is 0.392. The second kappa shape index (κ2) is 9.68. The smallest absolute Gasteiger partial charge is 0.322 e. The van der Waals surface area contributed by atoms with Crippen molar-refractivity contribution in [2.45, 2.75) is 32.9 Å². The van der Waals surface area contributed by atoms with Crippen LogP contribution in [0.1, 0.15) is 31.3 Å². The number of hydrogen-bond acceptors (Lipinski definition) is 5. The first-order valence-corrected chi connectivity index (χ1v) is 12.3. The number of benzene rings is 3. The maximum Gasteiger partial charge on any atom is 0.322 e. The summed E-state index contributed by atoms with van der Waals surface area (Å²) in [7, 11) is -3.59. The Hall–Kier alpha value is -3.30. The van der Waals surface area contributed by atoms with Gasteiger partial charge in [0, 0.05) is 6.54 Å². The molecule has 0 saturated carbocycles. The summed E-state index contributed by atoms with van der Waals surface area (Å²) in [4.78, 5) is 0. The van der Waals surface area contributed by atoms with Crippen LogP contribution in [0.5, 0.6) is 11.8 Å². The zero-order valence-electron chi connectivity index (χ0n) is 18.4. The van der Waals surface area contributed by atoms with Crippen LogP contribution in [0, 0.1) is 5.82 Å². The molecule has 3 aromatic carbocycles. The van der Waals surface area contributed by atoms with E-state index in [4.69, 9.17) is 4.74 Å². The van der Waals surface area contributed by atoms with E-state index in [1.165, 1.54) is 24.3 Å². The van der Waals surface area contributed by atoms with Crippen molar-refractivity contribution >= 4 is 20.8 Å². The van der Waals surface area contributed by atoms with Crippen LogP contribution in [-0.4, -0.2) is 28.9 Å². The standard InChI is InChI=1S/C24H25FN4O3S/c1-3-29-23(26-27-24(29)32-21-13-11-20(25)12-14-21)17(2)28-33(30,31)16-15-19-9-6-8-18-7-4-5-10-22(18)19/h4-14,17,28H,3,15-16H2,1-2H3/t17-/m1/s1. The molecular formula is C24H25FN4O3S. The van der Waals surface area contributed by atoms with Crippen LogP contribution in [0.2, 0.25) is 0 Å². The van der Waals surface area contributed by atoms with Crippen LogP contribution in [0.25, 0.3) is 10.8 Å². The maximum atomic E-state index is 13.1. The summed E-state index contributed by atoms with van der Waals surface area (Å²) in [6.45, 7) is 4.07. The average Bonchev–Trinajstić information content (AvgIpc) is 3.21. The van der Waals surface area contributed by atoms with Gasteiger partial charge in [-0.15, -0.1) is 5.10 Å². The van der Waals surface area contributed by atoms with E-state index in [-0.39, 0.29) is 17.6 Å². The molecule has 0 bridgehead atoms. The van der Waals surface area contributed by atoms with E-state index in [9.17, 15) is 12.8 Å². The molecule has 7 nitrogen and oxygen atoms in total. The molecule has 1 aromatic heterocycles. The van der Waals surface area contributed by atoms with Gasteiger partial charge < -0.3 is 4.74 Å². The van der Waals surface area contributed by atoms with Gasteiger partial charge in [-0.25, -0.2) is 17.5 Å². The van der Waals surface area contributed by atoms with Crippen LogP contribution < -0.4 is 9.46 Å².